The lowest BCUT2D eigenvalue weighted by Crippen LogP contribution is -2.31. The fourth-order valence-electron chi connectivity index (χ4n) is 2.32. The summed E-state index contributed by atoms with van der Waals surface area (Å²) < 4.78 is 16.0. The van der Waals surface area contributed by atoms with Crippen LogP contribution in [0.4, 0.5) is 0 Å². The lowest BCUT2D eigenvalue weighted by atomic mass is 10.2. The molecule has 0 aliphatic rings. The molecule has 0 saturated heterocycles. The Morgan fingerprint density at radius 2 is 1.81 bits per heavy atom. The van der Waals surface area contributed by atoms with Gasteiger partial charge in [-0.25, -0.2) is 0 Å². The van der Waals surface area contributed by atoms with E-state index in [0.29, 0.717) is 34.4 Å². The van der Waals surface area contributed by atoms with Gasteiger partial charge in [0.05, 0.1) is 25.9 Å². The fraction of sp³-hybridized carbons (Fsp3) is 0.263. The van der Waals surface area contributed by atoms with E-state index in [2.05, 4.69) is 0 Å². The summed E-state index contributed by atoms with van der Waals surface area (Å²) in [5.41, 5.74) is 1.25. The van der Waals surface area contributed by atoms with Crippen molar-refractivity contribution in [3.63, 3.8) is 0 Å². The minimum absolute atomic E-state index is 0.165. The topological polar surface area (TPSA) is 71.8 Å². The second kappa shape index (κ2) is 8.97. The molecule has 0 atom stereocenters. The smallest absolute Gasteiger partial charge is 0.260 e. The van der Waals surface area contributed by atoms with Gasteiger partial charge >= 0.3 is 0 Å². The number of amides is 1. The zero-order valence-corrected chi connectivity index (χ0v) is 15.5. The van der Waals surface area contributed by atoms with E-state index in [-0.39, 0.29) is 12.5 Å². The highest BCUT2D eigenvalue weighted by Gasteiger charge is 2.15. The highest BCUT2D eigenvalue weighted by atomic mass is 35.5. The monoisotopic (exact) mass is 374 g/mol. The largest absolute Gasteiger partial charge is 0.496 e. The summed E-state index contributed by atoms with van der Waals surface area (Å²) in [5.74, 6) is 1.23. The summed E-state index contributed by atoms with van der Waals surface area (Å²) in [7, 11) is 4.71. The van der Waals surface area contributed by atoms with Gasteiger partial charge in [-0.3, -0.25) is 4.79 Å². The Morgan fingerprint density at radius 3 is 2.46 bits per heavy atom. The molecule has 1 amide bonds. The SMILES string of the molecule is COc1ccc(Cl)cc1CN(C)C(=O)COc1ccc(C#N)cc1OC. The Hall–Kier alpha value is -2.91. The first-order chi connectivity index (χ1) is 12.5. The molecule has 0 radical (unpaired) electrons. The number of likely N-dealkylation sites (N-methyl/N-ethyl adjacent to an activating group) is 1. The number of ether oxygens (including phenoxy) is 3. The van der Waals surface area contributed by atoms with E-state index in [4.69, 9.17) is 31.1 Å². The molecule has 26 heavy (non-hydrogen) atoms. The molecule has 6 nitrogen and oxygen atoms in total. The van der Waals surface area contributed by atoms with Crippen molar-refractivity contribution in [1.82, 2.24) is 4.90 Å². The van der Waals surface area contributed by atoms with Crippen LogP contribution in [0.5, 0.6) is 17.2 Å². The Labute approximate surface area is 157 Å². The van der Waals surface area contributed by atoms with Crippen LogP contribution in [0.1, 0.15) is 11.1 Å². The zero-order chi connectivity index (χ0) is 19.1. The van der Waals surface area contributed by atoms with Crippen molar-refractivity contribution in [2.75, 3.05) is 27.9 Å². The van der Waals surface area contributed by atoms with Gasteiger partial charge in [-0.05, 0) is 30.3 Å². The lowest BCUT2D eigenvalue weighted by Gasteiger charge is -2.19. The molecule has 0 unspecified atom stereocenters. The molecular formula is C19H19ClN2O4. The van der Waals surface area contributed by atoms with Gasteiger partial charge < -0.3 is 19.1 Å². The average Bonchev–Trinajstić information content (AvgIpc) is 2.66. The van der Waals surface area contributed by atoms with E-state index >= 15 is 0 Å². The molecule has 2 aromatic rings. The number of carbonyl (C=O) groups excluding carboxylic acids is 1. The maximum atomic E-state index is 12.4. The third kappa shape index (κ3) is 4.80. The highest BCUT2D eigenvalue weighted by molar-refractivity contribution is 6.30. The minimum atomic E-state index is -0.224. The lowest BCUT2D eigenvalue weighted by molar-refractivity contribution is -0.132. The van der Waals surface area contributed by atoms with Gasteiger partial charge in [-0.1, -0.05) is 11.6 Å². The van der Waals surface area contributed by atoms with Gasteiger partial charge in [0.2, 0.25) is 0 Å². The summed E-state index contributed by atoms with van der Waals surface area (Å²) in [6.45, 7) is 0.165. The Kier molecular flexibility index (Phi) is 6.70. The number of nitrogens with zero attached hydrogens (tertiary/aromatic N) is 2. The van der Waals surface area contributed by atoms with Crippen LogP contribution in [0.15, 0.2) is 36.4 Å². The predicted molar refractivity (Wildman–Crippen MR) is 97.7 cm³/mol. The Balaban J connectivity index is 2.02. The maximum Gasteiger partial charge on any atom is 0.260 e. The first-order valence-corrected chi connectivity index (χ1v) is 8.13. The molecule has 2 rings (SSSR count). The number of rotatable bonds is 7. The molecule has 0 saturated carbocycles. The molecule has 136 valence electrons. The fourth-order valence-corrected chi connectivity index (χ4v) is 2.52. The normalized spacial score (nSPS) is 9.96. The van der Waals surface area contributed by atoms with Crippen LogP contribution in [0, 0.1) is 11.3 Å². The summed E-state index contributed by atoms with van der Waals surface area (Å²) in [5, 5.41) is 9.48. The summed E-state index contributed by atoms with van der Waals surface area (Å²) in [6, 6.07) is 12.0. The maximum absolute atomic E-state index is 12.4. The molecular weight excluding hydrogens is 356 g/mol. The molecule has 0 aromatic heterocycles. The Morgan fingerprint density at radius 1 is 1.12 bits per heavy atom. The van der Waals surface area contributed by atoms with Crippen molar-refractivity contribution < 1.29 is 19.0 Å². The number of hydrogen-bond acceptors (Lipinski definition) is 5. The van der Waals surface area contributed by atoms with Crippen LogP contribution in [0.3, 0.4) is 0 Å². The molecule has 0 fully saturated rings. The predicted octanol–water partition coefficient (Wildman–Crippen LogP) is 3.27. The van der Waals surface area contributed by atoms with Gasteiger partial charge in [0.25, 0.3) is 5.91 Å². The van der Waals surface area contributed by atoms with Crippen molar-refractivity contribution in [3.8, 4) is 23.3 Å². The number of benzene rings is 2. The van der Waals surface area contributed by atoms with E-state index in [1.54, 1.807) is 50.6 Å². The van der Waals surface area contributed by atoms with E-state index in [1.807, 2.05) is 6.07 Å². The van der Waals surface area contributed by atoms with Crippen LogP contribution >= 0.6 is 11.6 Å². The molecule has 0 bridgehead atoms. The van der Waals surface area contributed by atoms with E-state index in [0.717, 1.165) is 5.56 Å². The van der Waals surface area contributed by atoms with Gasteiger partial charge in [0, 0.05) is 30.2 Å². The van der Waals surface area contributed by atoms with Crippen molar-refractivity contribution in [3.05, 3.63) is 52.5 Å². The average molecular weight is 375 g/mol. The van der Waals surface area contributed by atoms with Crippen molar-refractivity contribution in [2.45, 2.75) is 6.54 Å². The molecule has 0 aliphatic heterocycles. The van der Waals surface area contributed by atoms with Crippen LogP contribution in [0.2, 0.25) is 5.02 Å². The first kappa shape index (κ1) is 19.4. The van der Waals surface area contributed by atoms with E-state index in [9.17, 15) is 4.79 Å². The van der Waals surface area contributed by atoms with Crippen molar-refractivity contribution in [1.29, 1.82) is 5.26 Å². The number of hydrogen-bond donors (Lipinski definition) is 0. The molecule has 0 aliphatic carbocycles. The number of carbonyl (C=O) groups is 1. The van der Waals surface area contributed by atoms with Crippen molar-refractivity contribution >= 4 is 17.5 Å². The van der Waals surface area contributed by atoms with Crippen LogP contribution in [-0.2, 0) is 11.3 Å². The Bertz CT molecular complexity index is 833. The number of nitriles is 1. The molecule has 0 N–H and O–H groups in total. The van der Waals surface area contributed by atoms with Crippen LogP contribution < -0.4 is 14.2 Å². The second-order valence-electron chi connectivity index (χ2n) is 5.47. The third-order valence-electron chi connectivity index (χ3n) is 3.72. The summed E-state index contributed by atoms with van der Waals surface area (Å²) in [4.78, 5) is 13.9. The summed E-state index contributed by atoms with van der Waals surface area (Å²) >= 11 is 6.02. The molecule has 0 spiro atoms. The minimum Gasteiger partial charge on any atom is -0.496 e. The molecule has 2 aromatic carbocycles. The number of methoxy groups -OCH3 is 2. The van der Waals surface area contributed by atoms with Gasteiger partial charge in [-0.15, -0.1) is 0 Å². The third-order valence-corrected chi connectivity index (χ3v) is 3.95. The van der Waals surface area contributed by atoms with Gasteiger partial charge in [0.15, 0.2) is 18.1 Å². The quantitative estimate of drug-likeness (QED) is 0.743. The first-order valence-electron chi connectivity index (χ1n) is 7.75. The summed E-state index contributed by atoms with van der Waals surface area (Å²) in [6.07, 6.45) is 0. The van der Waals surface area contributed by atoms with Crippen LogP contribution in [0.25, 0.3) is 0 Å². The molecule has 0 heterocycles. The highest BCUT2D eigenvalue weighted by Crippen LogP contribution is 2.28. The van der Waals surface area contributed by atoms with Crippen LogP contribution in [-0.4, -0.2) is 38.7 Å². The number of halogens is 1. The van der Waals surface area contributed by atoms with E-state index in [1.165, 1.54) is 12.0 Å². The van der Waals surface area contributed by atoms with Gasteiger partial charge in [0.1, 0.15) is 5.75 Å². The standard InChI is InChI=1S/C19H19ClN2O4/c1-22(11-14-9-15(20)5-7-16(14)24-2)19(23)12-26-17-6-4-13(10-21)8-18(17)25-3/h4-9H,11-12H2,1-3H3. The van der Waals surface area contributed by atoms with E-state index < -0.39 is 0 Å². The van der Waals surface area contributed by atoms with Crippen molar-refractivity contribution in [2.24, 2.45) is 0 Å². The molecule has 7 heteroatoms. The van der Waals surface area contributed by atoms with Gasteiger partial charge in [-0.2, -0.15) is 5.26 Å². The zero-order valence-electron chi connectivity index (χ0n) is 14.8. The second-order valence-corrected chi connectivity index (χ2v) is 5.91.